The van der Waals surface area contributed by atoms with Gasteiger partial charge in [0, 0.05) is 31.0 Å². The summed E-state index contributed by atoms with van der Waals surface area (Å²) in [5.74, 6) is 0.543. The molecule has 0 N–H and O–H groups in total. The molecule has 1 aliphatic heterocycles. The molecule has 0 bridgehead atoms. The van der Waals surface area contributed by atoms with Crippen molar-refractivity contribution in [1.82, 2.24) is 9.47 Å². The van der Waals surface area contributed by atoms with Crippen molar-refractivity contribution in [3.05, 3.63) is 76.4 Å². The average molecular weight is 451 g/mol. The predicted octanol–water partition coefficient (Wildman–Crippen LogP) is 7.75. The first kappa shape index (κ1) is 22.4. The summed E-state index contributed by atoms with van der Waals surface area (Å²) in [6.07, 6.45) is 0. The first-order valence-electron chi connectivity index (χ1n) is 11.5. The van der Waals surface area contributed by atoms with E-state index in [0.29, 0.717) is 5.92 Å². The van der Waals surface area contributed by atoms with E-state index in [1.807, 2.05) is 12.1 Å². The van der Waals surface area contributed by atoms with E-state index in [2.05, 4.69) is 85.8 Å². The van der Waals surface area contributed by atoms with E-state index in [1.54, 1.807) is 0 Å². The van der Waals surface area contributed by atoms with Gasteiger partial charge in [0.25, 0.3) is 0 Å². The van der Waals surface area contributed by atoms with Crippen LogP contribution < -0.4 is 0 Å². The van der Waals surface area contributed by atoms with E-state index in [-0.39, 0.29) is 0 Å². The van der Waals surface area contributed by atoms with Gasteiger partial charge in [-0.25, -0.2) is 0 Å². The number of benzene rings is 2. The van der Waals surface area contributed by atoms with Gasteiger partial charge < -0.3 is 4.57 Å². The molecule has 0 radical (unpaired) electrons. The minimum absolute atomic E-state index is 0.543. The smallest absolute Gasteiger partial charge is 0.0534 e. The lowest BCUT2D eigenvalue weighted by Gasteiger charge is -2.35. The summed E-state index contributed by atoms with van der Waals surface area (Å²) in [5, 5.41) is 0.775. The molecular formula is C27H35ClN2Si. The van der Waals surface area contributed by atoms with E-state index in [1.165, 1.54) is 58.9 Å². The Hall–Kier alpha value is -1.81. The lowest BCUT2D eigenvalue weighted by molar-refractivity contribution is 0.281. The molecule has 0 spiro atoms. The second-order valence-corrected chi connectivity index (χ2v) is 15.9. The molecule has 0 saturated carbocycles. The van der Waals surface area contributed by atoms with Crippen molar-refractivity contribution in [3.8, 4) is 16.9 Å². The second-order valence-electron chi connectivity index (χ2n) is 10.2. The molecule has 2 heterocycles. The Morgan fingerprint density at radius 1 is 0.935 bits per heavy atom. The summed E-state index contributed by atoms with van der Waals surface area (Å²) in [4.78, 5) is 2.65. The second kappa shape index (κ2) is 8.97. The molecule has 0 amide bonds. The summed E-state index contributed by atoms with van der Waals surface area (Å²) >= 11 is 6.19. The lowest BCUT2D eigenvalue weighted by Crippen LogP contribution is -2.42. The van der Waals surface area contributed by atoms with Crippen LogP contribution in [0.1, 0.15) is 36.6 Å². The van der Waals surface area contributed by atoms with Crippen LogP contribution in [0, 0.1) is 6.92 Å². The highest BCUT2D eigenvalue weighted by Crippen LogP contribution is 2.32. The Morgan fingerprint density at radius 3 is 2.13 bits per heavy atom. The first-order valence-corrected chi connectivity index (χ1v) is 15.3. The maximum absolute atomic E-state index is 6.19. The van der Waals surface area contributed by atoms with E-state index in [9.17, 15) is 0 Å². The van der Waals surface area contributed by atoms with Gasteiger partial charge >= 0.3 is 0 Å². The SMILES string of the molecule is Cc1c(CN2CC[Si](C)(C)CC2)cc(-c2ccc(C(C)C)cc2)n1-c1ccc(Cl)cc1. The molecule has 2 nitrogen and oxygen atoms in total. The fourth-order valence-corrected chi connectivity index (χ4v) is 6.77. The molecule has 31 heavy (non-hydrogen) atoms. The van der Waals surface area contributed by atoms with Gasteiger partial charge in [-0.3, -0.25) is 4.90 Å². The normalized spacial score (nSPS) is 16.7. The summed E-state index contributed by atoms with van der Waals surface area (Å²) in [6, 6.07) is 22.5. The minimum atomic E-state index is -0.954. The highest BCUT2D eigenvalue weighted by Gasteiger charge is 2.28. The molecular weight excluding hydrogens is 416 g/mol. The fraction of sp³-hybridized carbons (Fsp3) is 0.407. The third-order valence-electron chi connectivity index (χ3n) is 6.91. The van der Waals surface area contributed by atoms with Crippen LogP contribution >= 0.6 is 11.6 Å². The van der Waals surface area contributed by atoms with Crippen LogP contribution in [-0.4, -0.2) is 30.6 Å². The van der Waals surface area contributed by atoms with E-state index < -0.39 is 8.07 Å². The Morgan fingerprint density at radius 2 is 1.55 bits per heavy atom. The van der Waals surface area contributed by atoms with Gasteiger partial charge in [-0.1, -0.05) is 62.8 Å². The number of halogens is 1. The van der Waals surface area contributed by atoms with Gasteiger partial charge in [-0.15, -0.1) is 0 Å². The van der Waals surface area contributed by atoms with Gasteiger partial charge in [0.15, 0.2) is 0 Å². The molecule has 4 rings (SSSR count). The third kappa shape index (κ3) is 5.00. The van der Waals surface area contributed by atoms with Gasteiger partial charge in [-0.05, 0) is 85.0 Å². The largest absolute Gasteiger partial charge is 0.314 e. The van der Waals surface area contributed by atoms with Gasteiger partial charge in [-0.2, -0.15) is 0 Å². The lowest BCUT2D eigenvalue weighted by atomic mass is 10.0. The molecule has 1 fully saturated rings. The van der Waals surface area contributed by atoms with Gasteiger partial charge in [0.05, 0.1) is 5.69 Å². The maximum atomic E-state index is 6.19. The van der Waals surface area contributed by atoms with Crippen LogP contribution in [0.15, 0.2) is 54.6 Å². The molecule has 4 heteroatoms. The Kier molecular flexibility index (Phi) is 6.48. The zero-order valence-corrected chi connectivity index (χ0v) is 21.3. The van der Waals surface area contributed by atoms with Crippen molar-refractivity contribution in [2.45, 2.75) is 58.4 Å². The summed E-state index contributed by atoms with van der Waals surface area (Å²) in [6.45, 7) is 15.3. The van der Waals surface area contributed by atoms with E-state index >= 15 is 0 Å². The topological polar surface area (TPSA) is 8.17 Å². The van der Waals surface area contributed by atoms with E-state index in [4.69, 9.17) is 11.6 Å². The third-order valence-corrected chi connectivity index (χ3v) is 10.3. The summed E-state index contributed by atoms with van der Waals surface area (Å²) in [5.41, 5.74) is 7.83. The number of nitrogens with zero attached hydrogens (tertiary/aromatic N) is 2. The van der Waals surface area contributed by atoms with Crippen molar-refractivity contribution >= 4 is 19.7 Å². The Balaban J connectivity index is 1.72. The quantitative estimate of drug-likeness (QED) is 0.360. The molecule has 3 aromatic rings. The molecule has 0 atom stereocenters. The fourth-order valence-electron chi connectivity index (χ4n) is 4.55. The molecule has 164 valence electrons. The maximum Gasteiger partial charge on any atom is 0.0534 e. The van der Waals surface area contributed by atoms with Crippen LogP contribution in [0.5, 0.6) is 0 Å². The highest BCUT2D eigenvalue weighted by atomic mass is 35.5. The molecule has 1 saturated heterocycles. The van der Waals surface area contributed by atoms with Crippen LogP contribution in [-0.2, 0) is 6.54 Å². The highest BCUT2D eigenvalue weighted by molar-refractivity contribution is 6.77. The van der Waals surface area contributed by atoms with E-state index in [0.717, 1.165) is 11.6 Å². The number of rotatable bonds is 5. The van der Waals surface area contributed by atoms with Crippen molar-refractivity contribution in [3.63, 3.8) is 0 Å². The van der Waals surface area contributed by atoms with Gasteiger partial charge in [0.1, 0.15) is 0 Å². The predicted molar refractivity (Wildman–Crippen MR) is 137 cm³/mol. The Bertz CT molecular complexity index is 1020. The molecule has 0 unspecified atom stereocenters. The average Bonchev–Trinajstić information content (AvgIpc) is 3.06. The summed E-state index contributed by atoms with van der Waals surface area (Å²) < 4.78 is 2.40. The van der Waals surface area contributed by atoms with Crippen LogP contribution in [0.25, 0.3) is 16.9 Å². The van der Waals surface area contributed by atoms with Crippen molar-refractivity contribution < 1.29 is 0 Å². The Labute approximate surface area is 193 Å². The van der Waals surface area contributed by atoms with Gasteiger partial charge in [0.2, 0.25) is 0 Å². The molecule has 1 aliphatic rings. The molecule has 0 aliphatic carbocycles. The summed E-state index contributed by atoms with van der Waals surface area (Å²) in [7, 11) is -0.954. The number of aromatic nitrogens is 1. The molecule has 2 aromatic carbocycles. The van der Waals surface area contributed by atoms with Crippen molar-refractivity contribution in [2.75, 3.05) is 13.1 Å². The van der Waals surface area contributed by atoms with Crippen LogP contribution in [0.3, 0.4) is 0 Å². The molecule has 1 aromatic heterocycles. The monoisotopic (exact) mass is 450 g/mol. The minimum Gasteiger partial charge on any atom is -0.314 e. The first-order chi connectivity index (χ1) is 14.7. The number of hydrogen-bond donors (Lipinski definition) is 0. The van der Waals surface area contributed by atoms with Crippen molar-refractivity contribution in [1.29, 1.82) is 0 Å². The van der Waals surface area contributed by atoms with Crippen molar-refractivity contribution in [2.24, 2.45) is 0 Å². The number of hydrogen-bond acceptors (Lipinski definition) is 1. The van der Waals surface area contributed by atoms with Crippen LogP contribution in [0.4, 0.5) is 0 Å². The zero-order chi connectivity index (χ0) is 22.2. The standard InChI is InChI=1S/C27H35ClN2Si/c1-20(2)22-6-8-23(9-7-22)27-18-24(19-29-14-16-31(4,5)17-15-29)21(3)30(27)26-12-10-25(28)11-13-26/h6-13,18,20H,14-17,19H2,1-5H3. The zero-order valence-electron chi connectivity index (χ0n) is 19.6. The van der Waals surface area contributed by atoms with Crippen LogP contribution in [0.2, 0.25) is 30.2 Å².